The molecule has 0 aliphatic carbocycles. The molecule has 1 aromatic heterocycles. The van der Waals surface area contributed by atoms with Gasteiger partial charge in [0.15, 0.2) is 0 Å². The van der Waals surface area contributed by atoms with Gasteiger partial charge in [0.25, 0.3) is 5.91 Å². The smallest absolute Gasteiger partial charge is 0.251 e. The van der Waals surface area contributed by atoms with Crippen LogP contribution in [-0.4, -0.2) is 29.9 Å². The van der Waals surface area contributed by atoms with Gasteiger partial charge in [-0.3, -0.25) is 9.59 Å². The molecule has 1 fully saturated rings. The fraction of sp³-hybridized carbons (Fsp3) is 0.381. The van der Waals surface area contributed by atoms with Gasteiger partial charge in [0.05, 0.1) is 6.61 Å². The van der Waals surface area contributed by atoms with Crippen LogP contribution in [0.3, 0.4) is 0 Å². The Balaban J connectivity index is 1.59. The lowest BCUT2D eigenvalue weighted by Gasteiger charge is -2.16. The number of amides is 2. The fourth-order valence-electron chi connectivity index (χ4n) is 2.99. The quantitative estimate of drug-likeness (QED) is 0.727. The second-order valence-corrected chi connectivity index (χ2v) is 6.55. The van der Waals surface area contributed by atoms with Gasteiger partial charge in [0.1, 0.15) is 0 Å². The highest BCUT2D eigenvalue weighted by molar-refractivity contribution is 5.97. The molecule has 0 radical (unpaired) electrons. The monoisotopic (exact) mass is 367 g/mol. The second-order valence-electron chi connectivity index (χ2n) is 6.55. The van der Waals surface area contributed by atoms with Crippen molar-refractivity contribution in [3.8, 4) is 5.88 Å². The minimum atomic E-state index is -0.169. The molecular formula is C21H25N3O3. The first-order valence-electron chi connectivity index (χ1n) is 9.44. The summed E-state index contributed by atoms with van der Waals surface area (Å²) in [6, 6.07) is 10.9. The first kappa shape index (κ1) is 18.9. The Morgan fingerprint density at radius 2 is 2.07 bits per heavy atom. The van der Waals surface area contributed by atoms with Crippen LogP contribution < -0.4 is 15.0 Å². The number of nitrogens with one attached hydrogen (secondary N) is 1. The van der Waals surface area contributed by atoms with Crippen LogP contribution in [0.15, 0.2) is 42.6 Å². The highest BCUT2D eigenvalue weighted by Crippen LogP contribution is 2.21. The summed E-state index contributed by atoms with van der Waals surface area (Å²) in [6.45, 7) is 3.81. The molecule has 2 amide bonds. The maximum atomic E-state index is 12.4. The van der Waals surface area contributed by atoms with E-state index >= 15 is 0 Å². The number of benzene rings is 1. The summed E-state index contributed by atoms with van der Waals surface area (Å²) >= 11 is 0. The molecule has 6 nitrogen and oxygen atoms in total. The van der Waals surface area contributed by atoms with Crippen molar-refractivity contribution in [2.45, 2.75) is 39.2 Å². The van der Waals surface area contributed by atoms with E-state index in [4.69, 9.17) is 4.74 Å². The van der Waals surface area contributed by atoms with Crippen molar-refractivity contribution in [1.82, 2.24) is 10.3 Å². The third-order valence-corrected chi connectivity index (χ3v) is 4.54. The highest BCUT2D eigenvalue weighted by atomic mass is 16.5. The van der Waals surface area contributed by atoms with Crippen LogP contribution in [0.5, 0.6) is 5.88 Å². The molecule has 0 atom stereocenters. The minimum Gasteiger partial charge on any atom is -0.477 e. The third kappa shape index (κ3) is 4.84. The van der Waals surface area contributed by atoms with E-state index in [9.17, 15) is 9.59 Å². The molecular weight excluding hydrogens is 342 g/mol. The lowest BCUT2D eigenvalue weighted by molar-refractivity contribution is -0.117. The Labute approximate surface area is 159 Å². The molecule has 2 heterocycles. The molecule has 0 saturated carbocycles. The zero-order chi connectivity index (χ0) is 19.1. The Bertz CT molecular complexity index is 790. The molecule has 1 N–H and O–H groups in total. The van der Waals surface area contributed by atoms with E-state index in [0.29, 0.717) is 31.0 Å². The molecule has 0 spiro atoms. The van der Waals surface area contributed by atoms with E-state index in [0.717, 1.165) is 37.1 Å². The average molecular weight is 367 g/mol. The Kier molecular flexibility index (Phi) is 6.41. The lowest BCUT2D eigenvalue weighted by atomic mass is 10.1. The van der Waals surface area contributed by atoms with Gasteiger partial charge in [-0.15, -0.1) is 0 Å². The largest absolute Gasteiger partial charge is 0.477 e. The summed E-state index contributed by atoms with van der Waals surface area (Å²) < 4.78 is 5.70. The van der Waals surface area contributed by atoms with Gasteiger partial charge in [-0.1, -0.05) is 19.4 Å². The van der Waals surface area contributed by atoms with Gasteiger partial charge < -0.3 is 15.0 Å². The summed E-state index contributed by atoms with van der Waals surface area (Å²) in [7, 11) is 0. The van der Waals surface area contributed by atoms with Crippen LogP contribution in [0.1, 0.15) is 48.5 Å². The average Bonchev–Trinajstić information content (AvgIpc) is 3.13. The van der Waals surface area contributed by atoms with Gasteiger partial charge in [0, 0.05) is 42.5 Å². The van der Waals surface area contributed by atoms with Crippen LogP contribution >= 0.6 is 0 Å². The van der Waals surface area contributed by atoms with Crippen LogP contribution in [0.4, 0.5) is 5.69 Å². The van der Waals surface area contributed by atoms with E-state index in [1.807, 2.05) is 24.3 Å². The molecule has 1 aromatic carbocycles. The summed E-state index contributed by atoms with van der Waals surface area (Å²) in [5.41, 5.74) is 2.25. The molecule has 1 aliphatic rings. The zero-order valence-corrected chi connectivity index (χ0v) is 15.6. The maximum absolute atomic E-state index is 12.4. The Morgan fingerprint density at radius 1 is 1.26 bits per heavy atom. The lowest BCUT2D eigenvalue weighted by Crippen LogP contribution is -2.25. The SMILES string of the molecule is CCCCOc1ncccc1CNC(=O)c1ccc(N2CCCC2=O)cc1. The number of ether oxygens (including phenoxy) is 1. The normalized spacial score (nSPS) is 13.7. The Morgan fingerprint density at radius 3 is 2.78 bits per heavy atom. The summed E-state index contributed by atoms with van der Waals surface area (Å²) in [5, 5.41) is 2.90. The fourth-order valence-corrected chi connectivity index (χ4v) is 2.99. The van der Waals surface area contributed by atoms with Crippen LogP contribution in [0.2, 0.25) is 0 Å². The number of carbonyl (C=O) groups excluding carboxylic acids is 2. The molecule has 1 saturated heterocycles. The summed E-state index contributed by atoms with van der Waals surface area (Å²) in [5.74, 6) is 0.534. The zero-order valence-electron chi connectivity index (χ0n) is 15.6. The van der Waals surface area contributed by atoms with Crippen LogP contribution in [0, 0.1) is 0 Å². The first-order chi connectivity index (χ1) is 13.2. The van der Waals surface area contributed by atoms with E-state index in [2.05, 4.69) is 17.2 Å². The number of anilines is 1. The van der Waals surface area contributed by atoms with E-state index in [1.165, 1.54) is 0 Å². The molecule has 2 aromatic rings. The number of nitrogens with zero attached hydrogens (tertiary/aromatic N) is 2. The van der Waals surface area contributed by atoms with Crippen LogP contribution in [-0.2, 0) is 11.3 Å². The van der Waals surface area contributed by atoms with Gasteiger partial charge in [-0.25, -0.2) is 4.98 Å². The molecule has 3 rings (SSSR count). The number of unbranched alkanes of at least 4 members (excludes halogenated alkanes) is 1. The molecule has 142 valence electrons. The number of pyridine rings is 1. The molecule has 0 unspecified atom stereocenters. The summed E-state index contributed by atoms with van der Waals surface area (Å²) in [6.07, 6.45) is 5.18. The van der Waals surface area contributed by atoms with Gasteiger partial charge in [-0.2, -0.15) is 0 Å². The summed E-state index contributed by atoms with van der Waals surface area (Å²) in [4.78, 5) is 30.3. The number of carbonyl (C=O) groups is 2. The van der Waals surface area contributed by atoms with E-state index in [-0.39, 0.29) is 11.8 Å². The standard InChI is InChI=1S/C21H25N3O3/c1-2-3-14-27-21-17(6-4-12-22-21)15-23-20(26)16-8-10-18(11-9-16)24-13-5-7-19(24)25/h4,6,8-12H,2-3,5,7,13-15H2,1H3,(H,23,26). The molecule has 6 heteroatoms. The van der Waals surface area contributed by atoms with Crippen molar-refractivity contribution < 1.29 is 14.3 Å². The van der Waals surface area contributed by atoms with Crippen LogP contribution in [0.25, 0.3) is 0 Å². The second kappa shape index (κ2) is 9.16. The third-order valence-electron chi connectivity index (χ3n) is 4.54. The molecule has 0 bridgehead atoms. The van der Waals surface area contributed by atoms with E-state index in [1.54, 1.807) is 23.2 Å². The maximum Gasteiger partial charge on any atom is 0.251 e. The minimum absolute atomic E-state index is 0.138. The molecule has 27 heavy (non-hydrogen) atoms. The number of hydrogen-bond donors (Lipinski definition) is 1. The highest BCUT2D eigenvalue weighted by Gasteiger charge is 2.21. The van der Waals surface area contributed by atoms with Crippen molar-refractivity contribution >= 4 is 17.5 Å². The van der Waals surface area contributed by atoms with Gasteiger partial charge in [-0.05, 0) is 43.2 Å². The van der Waals surface area contributed by atoms with Crippen molar-refractivity contribution in [3.63, 3.8) is 0 Å². The first-order valence-corrected chi connectivity index (χ1v) is 9.44. The topological polar surface area (TPSA) is 71.5 Å². The van der Waals surface area contributed by atoms with Crippen molar-refractivity contribution in [3.05, 3.63) is 53.7 Å². The Hall–Kier alpha value is -2.89. The number of aromatic nitrogens is 1. The predicted octanol–water partition coefficient (Wildman–Crippen LogP) is 3.32. The van der Waals surface area contributed by atoms with Crippen molar-refractivity contribution in [2.75, 3.05) is 18.1 Å². The van der Waals surface area contributed by atoms with Gasteiger partial charge in [0.2, 0.25) is 11.8 Å². The number of rotatable bonds is 8. The van der Waals surface area contributed by atoms with Crippen molar-refractivity contribution in [1.29, 1.82) is 0 Å². The molecule has 1 aliphatic heterocycles. The van der Waals surface area contributed by atoms with E-state index < -0.39 is 0 Å². The predicted molar refractivity (Wildman–Crippen MR) is 104 cm³/mol. The number of hydrogen-bond acceptors (Lipinski definition) is 4. The van der Waals surface area contributed by atoms with Gasteiger partial charge >= 0.3 is 0 Å². The van der Waals surface area contributed by atoms with Crippen molar-refractivity contribution in [2.24, 2.45) is 0 Å².